The minimum absolute atomic E-state index is 0.365. The molecule has 0 bridgehead atoms. The summed E-state index contributed by atoms with van der Waals surface area (Å²) in [5, 5.41) is 9.80. The summed E-state index contributed by atoms with van der Waals surface area (Å²) in [6, 6.07) is 17.6. The van der Waals surface area contributed by atoms with Crippen LogP contribution in [0.5, 0.6) is 0 Å². The number of benzene rings is 2. The molecular weight excluding hydrogens is 252 g/mol. The van der Waals surface area contributed by atoms with Crippen molar-refractivity contribution < 1.29 is 9.53 Å². The first-order valence-corrected chi connectivity index (χ1v) is 6.15. The van der Waals surface area contributed by atoms with Gasteiger partial charge in [-0.05, 0) is 5.56 Å². The fourth-order valence-electron chi connectivity index (χ4n) is 1.64. The van der Waals surface area contributed by atoms with Gasteiger partial charge in [0, 0.05) is 10.8 Å². The zero-order valence-corrected chi connectivity index (χ0v) is 10.8. The van der Waals surface area contributed by atoms with Gasteiger partial charge in [0.2, 0.25) is 0 Å². The molecular formula is C16H14N2O2. The van der Waals surface area contributed by atoms with Crippen LogP contribution in [0.1, 0.15) is 5.56 Å². The van der Waals surface area contributed by atoms with E-state index in [4.69, 9.17) is 0 Å². The molecule has 0 radical (unpaired) electrons. The minimum atomic E-state index is 0.365. The van der Waals surface area contributed by atoms with Crippen LogP contribution in [-0.2, 0) is 16.1 Å². The molecule has 0 fully saturated rings. The topological polar surface area (TPSA) is 52.1 Å². The van der Waals surface area contributed by atoms with Gasteiger partial charge < -0.3 is 4.74 Å². The Kier molecular flexibility index (Phi) is 5.22. The summed E-state index contributed by atoms with van der Waals surface area (Å²) in [6.07, 6.45) is 3.52. The smallest absolute Gasteiger partial charge is 0.293 e. The molecule has 0 saturated carbocycles. The molecule has 0 atom stereocenters. The number of carbonyl (C=O) groups is 1. The van der Waals surface area contributed by atoms with Gasteiger partial charge in [0.15, 0.2) is 0 Å². The highest BCUT2D eigenvalue weighted by Gasteiger charge is 1.88. The fraction of sp³-hybridized carbons (Fsp3) is 0.0625. The van der Waals surface area contributed by atoms with E-state index in [0.717, 1.165) is 16.3 Å². The largest absolute Gasteiger partial charge is 0.463 e. The van der Waals surface area contributed by atoms with E-state index >= 15 is 0 Å². The highest BCUT2D eigenvalue weighted by molar-refractivity contribution is 5.80. The standard InChI is InChI=1S/C8H6N2.C8H8O2/c1-2-4-8-6-10-9-5-7(8)3-1;9-7-10-6-8-4-2-1-3-5-8/h1-6H;1-5,7H,6H2. The molecule has 0 aliphatic heterocycles. The Morgan fingerprint density at radius 2 is 1.40 bits per heavy atom. The second kappa shape index (κ2) is 7.63. The van der Waals surface area contributed by atoms with Crippen LogP contribution in [0.4, 0.5) is 0 Å². The van der Waals surface area contributed by atoms with Gasteiger partial charge >= 0.3 is 0 Å². The lowest BCUT2D eigenvalue weighted by atomic mass is 10.2. The van der Waals surface area contributed by atoms with Gasteiger partial charge in [0.05, 0.1) is 12.4 Å². The highest BCUT2D eigenvalue weighted by Crippen LogP contribution is 2.08. The molecule has 4 nitrogen and oxygen atoms in total. The maximum atomic E-state index is 9.76. The molecule has 0 N–H and O–H groups in total. The zero-order valence-electron chi connectivity index (χ0n) is 10.8. The molecule has 100 valence electrons. The number of rotatable bonds is 3. The first-order chi connectivity index (χ1) is 9.90. The van der Waals surface area contributed by atoms with Crippen LogP contribution >= 0.6 is 0 Å². The van der Waals surface area contributed by atoms with Crippen molar-refractivity contribution in [1.82, 2.24) is 10.2 Å². The third-order valence-corrected chi connectivity index (χ3v) is 2.62. The Morgan fingerprint density at radius 1 is 0.850 bits per heavy atom. The van der Waals surface area contributed by atoms with Crippen molar-refractivity contribution in [3.05, 3.63) is 72.6 Å². The number of hydrogen-bond acceptors (Lipinski definition) is 4. The molecule has 1 aromatic heterocycles. The second-order valence-electron chi connectivity index (χ2n) is 4.01. The molecule has 0 amide bonds. The van der Waals surface area contributed by atoms with Crippen molar-refractivity contribution >= 4 is 17.2 Å². The van der Waals surface area contributed by atoms with E-state index in [1.165, 1.54) is 0 Å². The Morgan fingerprint density at radius 3 is 1.95 bits per heavy atom. The number of carbonyl (C=O) groups excluding carboxylic acids is 1. The predicted molar refractivity (Wildman–Crippen MR) is 76.8 cm³/mol. The monoisotopic (exact) mass is 266 g/mol. The maximum absolute atomic E-state index is 9.76. The first kappa shape index (κ1) is 13.7. The molecule has 3 rings (SSSR count). The Balaban J connectivity index is 0.000000147. The Labute approximate surface area is 117 Å². The molecule has 0 saturated heterocycles. The fourth-order valence-corrected chi connectivity index (χ4v) is 1.64. The van der Waals surface area contributed by atoms with Crippen LogP contribution in [0.15, 0.2) is 67.0 Å². The van der Waals surface area contributed by atoms with E-state index in [9.17, 15) is 4.79 Å². The molecule has 0 aliphatic carbocycles. The third kappa shape index (κ3) is 4.17. The van der Waals surface area contributed by atoms with E-state index in [1.807, 2.05) is 54.6 Å². The van der Waals surface area contributed by atoms with Gasteiger partial charge in [-0.1, -0.05) is 54.6 Å². The number of nitrogens with zero attached hydrogens (tertiary/aromatic N) is 2. The normalized spacial score (nSPS) is 9.40. The molecule has 0 spiro atoms. The van der Waals surface area contributed by atoms with E-state index in [2.05, 4.69) is 14.9 Å². The van der Waals surface area contributed by atoms with E-state index in [1.54, 1.807) is 12.4 Å². The Hall–Kier alpha value is -2.75. The average Bonchev–Trinajstić information content (AvgIpc) is 2.55. The van der Waals surface area contributed by atoms with Crippen molar-refractivity contribution in [2.75, 3.05) is 0 Å². The molecule has 0 unspecified atom stereocenters. The minimum Gasteiger partial charge on any atom is -0.463 e. The average molecular weight is 266 g/mol. The lowest BCUT2D eigenvalue weighted by Gasteiger charge is -1.95. The number of ether oxygens (including phenoxy) is 1. The predicted octanol–water partition coefficient (Wildman–Crippen LogP) is 2.99. The summed E-state index contributed by atoms with van der Waals surface area (Å²) in [4.78, 5) is 9.76. The number of fused-ring (bicyclic) bond motifs is 1. The molecule has 1 heterocycles. The highest BCUT2D eigenvalue weighted by atomic mass is 16.5. The van der Waals surface area contributed by atoms with Crippen LogP contribution in [0, 0.1) is 0 Å². The molecule has 3 aromatic rings. The van der Waals surface area contributed by atoms with Gasteiger partial charge in [-0.25, -0.2) is 0 Å². The lowest BCUT2D eigenvalue weighted by molar-refractivity contribution is -0.129. The summed E-state index contributed by atoms with van der Waals surface area (Å²) in [5.74, 6) is 0. The third-order valence-electron chi connectivity index (χ3n) is 2.62. The summed E-state index contributed by atoms with van der Waals surface area (Å²) in [6.45, 7) is 0.817. The van der Waals surface area contributed by atoms with E-state index in [0.29, 0.717) is 13.1 Å². The van der Waals surface area contributed by atoms with Crippen molar-refractivity contribution in [2.45, 2.75) is 6.61 Å². The van der Waals surface area contributed by atoms with Gasteiger partial charge in [0.25, 0.3) is 6.47 Å². The first-order valence-electron chi connectivity index (χ1n) is 6.15. The summed E-state index contributed by atoms with van der Waals surface area (Å²) in [5.41, 5.74) is 1.01. The van der Waals surface area contributed by atoms with Crippen LogP contribution in [0.3, 0.4) is 0 Å². The van der Waals surface area contributed by atoms with Crippen molar-refractivity contribution in [3.8, 4) is 0 Å². The summed E-state index contributed by atoms with van der Waals surface area (Å²) >= 11 is 0. The lowest BCUT2D eigenvalue weighted by Crippen LogP contribution is -1.88. The van der Waals surface area contributed by atoms with E-state index < -0.39 is 0 Å². The SMILES string of the molecule is O=COCc1ccccc1.c1ccc2cnncc2c1. The molecule has 20 heavy (non-hydrogen) atoms. The number of hydrogen-bond donors (Lipinski definition) is 0. The molecule has 2 aromatic carbocycles. The second-order valence-corrected chi connectivity index (χ2v) is 4.01. The van der Waals surface area contributed by atoms with Crippen LogP contribution in [0.2, 0.25) is 0 Å². The van der Waals surface area contributed by atoms with Crippen LogP contribution in [-0.4, -0.2) is 16.7 Å². The molecule has 0 aliphatic rings. The summed E-state index contributed by atoms with van der Waals surface area (Å²) < 4.78 is 4.54. The van der Waals surface area contributed by atoms with Crippen LogP contribution < -0.4 is 0 Å². The Bertz CT molecular complexity index is 591. The van der Waals surface area contributed by atoms with Crippen LogP contribution in [0.25, 0.3) is 10.8 Å². The maximum Gasteiger partial charge on any atom is 0.293 e. The van der Waals surface area contributed by atoms with Gasteiger partial charge in [-0.15, -0.1) is 0 Å². The van der Waals surface area contributed by atoms with Gasteiger partial charge in [-0.3, -0.25) is 4.79 Å². The van der Waals surface area contributed by atoms with Crippen molar-refractivity contribution in [1.29, 1.82) is 0 Å². The van der Waals surface area contributed by atoms with Crippen molar-refractivity contribution in [2.24, 2.45) is 0 Å². The molecule has 4 heteroatoms. The number of aromatic nitrogens is 2. The van der Waals surface area contributed by atoms with Crippen molar-refractivity contribution in [3.63, 3.8) is 0 Å². The van der Waals surface area contributed by atoms with E-state index in [-0.39, 0.29) is 0 Å². The van der Waals surface area contributed by atoms with Gasteiger partial charge in [0.1, 0.15) is 6.61 Å². The quantitative estimate of drug-likeness (QED) is 0.684. The van der Waals surface area contributed by atoms with Gasteiger partial charge in [-0.2, -0.15) is 10.2 Å². The zero-order chi connectivity index (χ0) is 14.0. The summed E-state index contributed by atoms with van der Waals surface area (Å²) in [7, 11) is 0.